The summed E-state index contributed by atoms with van der Waals surface area (Å²) in [4.78, 5) is 11.1. The molecule has 10 heteroatoms. The van der Waals surface area contributed by atoms with Crippen LogP contribution in [0.3, 0.4) is 0 Å². The first-order chi connectivity index (χ1) is 10.1. The van der Waals surface area contributed by atoms with E-state index < -0.39 is 10.2 Å². The topological polar surface area (TPSA) is 124 Å². The monoisotopic (exact) mass is 390 g/mol. The van der Waals surface area contributed by atoms with E-state index in [1.807, 2.05) is 37.2 Å². The molecule has 0 bridgehead atoms. The van der Waals surface area contributed by atoms with Crippen LogP contribution < -0.4 is 23.2 Å². The molecule has 0 aromatic carbocycles. The van der Waals surface area contributed by atoms with Crippen molar-refractivity contribution in [1.29, 1.82) is 0 Å². The highest BCUT2D eigenvalue weighted by Crippen LogP contribution is 2.21. The van der Waals surface area contributed by atoms with Crippen molar-refractivity contribution in [2.24, 2.45) is 9.98 Å². The standard InChI is InChI=1S/C12H12BrN4.ClHO4/c1-8-14-12-9(5-16(8)2)6-17-7-10(13)3-4-11(17)15-12;2-1(3,4)5/h3-5,7H,6H2,1-2H3;(H,2,3,4,5)/q+1;/p-1. The fourth-order valence-corrected chi connectivity index (χ4v) is 2.30. The zero-order valence-corrected chi connectivity index (χ0v) is 14.0. The smallest absolute Gasteiger partial charge is 0.326 e. The van der Waals surface area contributed by atoms with Crippen molar-refractivity contribution in [3.05, 3.63) is 34.6 Å². The van der Waals surface area contributed by atoms with Crippen molar-refractivity contribution in [1.82, 2.24) is 4.90 Å². The molecule has 0 saturated carbocycles. The SMILES string of the molecule is CC1=NC2=Nc3ccc(Br)c[n+]3CC2=CN1C.[O-][Cl+3]([O-])([O-])[O-]. The minimum Gasteiger partial charge on any atom is -0.339 e. The normalized spacial score (nSPS) is 16.5. The van der Waals surface area contributed by atoms with Gasteiger partial charge >= 0.3 is 5.82 Å². The Morgan fingerprint density at radius 2 is 1.86 bits per heavy atom. The molecule has 2 aliphatic rings. The molecule has 0 N–H and O–H groups in total. The number of halogens is 2. The molecule has 0 atom stereocenters. The van der Waals surface area contributed by atoms with E-state index >= 15 is 0 Å². The molecule has 22 heavy (non-hydrogen) atoms. The molecule has 1 aromatic rings. The first kappa shape index (κ1) is 17.0. The average Bonchev–Trinajstić information content (AvgIpc) is 2.36. The van der Waals surface area contributed by atoms with Gasteiger partial charge in [-0.15, -0.1) is 10.2 Å². The van der Waals surface area contributed by atoms with Gasteiger partial charge in [0.2, 0.25) is 0 Å². The van der Waals surface area contributed by atoms with E-state index in [0.717, 1.165) is 34.1 Å². The maximum absolute atomic E-state index is 8.49. The quantitative estimate of drug-likeness (QED) is 0.444. The second kappa shape index (κ2) is 6.41. The number of nitrogens with zero attached hydrogens (tertiary/aromatic N) is 4. The number of aliphatic imine (C=N–C) groups is 2. The number of aromatic nitrogens is 1. The molecule has 0 amide bonds. The number of pyridine rings is 1. The molecule has 3 rings (SSSR count). The Labute approximate surface area is 137 Å². The Hall–Kier alpha value is -1.36. The van der Waals surface area contributed by atoms with Crippen molar-refractivity contribution in [3.63, 3.8) is 0 Å². The van der Waals surface area contributed by atoms with Gasteiger partial charge in [-0.05, 0) is 33.9 Å². The molecule has 0 spiro atoms. The van der Waals surface area contributed by atoms with E-state index in [2.05, 4.69) is 36.7 Å². The number of fused-ring (bicyclic) bond motifs is 2. The van der Waals surface area contributed by atoms with Gasteiger partial charge in [0.15, 0.2) is 0 Å². The van der Waals surface area contributed by atoms with Crippen LogP contribution in [0.15, 0.2) is 44.6 Å². The van der Waals surface area contributed by atoms with Gasteiger partial charge in [0, 0.05) is 19.3 Å². The van der Waals surface area contributed by atoms with Gasteiger partial charge < -0.3 is 4.90 Å². The van der Waals surface area contributed by atoms with Gasteiger partial charge in [0.05, 0.1) is 10.0 Å². The van der Waals surface area contributed by atoms with Crippen LogP contribution in [0, 0.1) is 10.2 Å². The average molecular weight is 392 g/mol. The largest absolute Gasteiger partial charge is 0.339 e. The lowest BCUT2D eigenvalue weighted by Gasteiger charge is -2.21. The first-order valence-electron chi connectivity index (χ1n) is 6.02. The van der Waals surface area contributed by atoms with Crippen LogP contribution in [0.4, 0.5) is 5.82 Å². The predicted molar refractivity (Wildman–Crippen MR) is 70.4 cm³/mol. The summed E-state index contributed by atoms with van der Waals surface area (Å²) in [6.07, 6.45) is 4.14. The maximum atomic E-state index is 8.49. The van der Waals surface area contributed by atoms with E-state index in [-0.39, 0.29) is 0 Å². The van der Waals surface area contributed by atoms with E-state index in [0.29, 0.717) is 0 Å². The molecule has 3 heterocycles. The Morgan fingerprint density at radius 3 is 2.50 bits per heavy atom. The van der Waals surface area contributed by atoms with Crippen LogP contribution in [-0.4, -0.2) is 23.6 Å². The summed E-state index contributed by atoms with van der Waals surface area (Å²) >= 11 is 3.47. The zero-order valence-electron chi connectivity index (χ0n) is 11.7. The summed E-state index contributed by atoms with van der Waals surface area (Å²) in [6.45, 7) is 2.80. The van der Waals surface area contributed by atoms with Crippen LogP contribution in [-0.2, 0) is 6.54 Å². The maximum Gasteiger partial charge on any atom is 0.326 e. The van der Waals surface area contributed by atoms with Crippen LogP contribution in [0.5, 0.6) is 0 Å². The lowest BCUT2D eigenvalue weighted by atomic mass is 10.2. The summed E-state index contributed by atoms with van der Waals surface area (Å²) in [5, 5.41) is 0. The third-order valence-corrected chi connectivity index (χ3v) is 3.41. The van der Waals surface area contributed by atoms with Crippen LogP contribution in [0.25, 0.3) is 0 Å². The van der Waals surface area contributed by atoms with E-state index in [1.165, 1.54) is 0 Å². The Balaban J connectivity index is 0.000000309. The van der Waals surface area contributed by atoms with Crippen molar-refractivity contribution < 1.29 is 33.4 Å². The van der Waals surface area contributed by atoms with Gasteiger partial charge in [-0.25, -0.2) is 23.2 Å². The van der Waals surface area contributed by atoms with Crippen LogP contribution in [0.2, 0.25) is 0 Å². The number of hydrogen-bond acceptors (Lipinski definition) is 7. The molecule has 2 aliphatic heterocycles. The van der Waals surface area contributed by atoms with E-state index in [1.54, 1.807) is 0 Å². The van der Waals surface area contributed by atoms with Gasteiger partial charge in [0.1, 0.15) is 18.6 Å². The fourth-order valence-electron chi connectivity index (χ4n) is 1.93. The van der Waals surface area contributed by atoms with Crippen molar-refractivity contribution in [3.8, 4) is 0 Å². The van der Waals surface area contributed by atoms with Gasteiger partial charge in [-0.1, -0.05) is 0 Å². The molecule has 0 saturated heterocycles. The Bertz CT molecular complexity index is 678. The number of amidine groups is 2. The molecule has 0 unspecified atom stereocenters. The first-order valence-corrected chi connectivity index (χ1v) is 8.05. The molecule has 0 radical (unpaired) electrons. The van der Waals surface area contributed by atoms with Gasteiger partial charge in [-0.2, -0.15) is 4.99 Å². The number of rotatable bonds is 0. The van der Waals surface area contributed by atoms with Crippen LogP contribution in [0.1, 0.15) is 6.92 Å². The van der Waals surface area contributed by atoms with Crippen molar-refractivity contribution >= 4 is 33.4 Å². The predicted octanol–water partition coefficient (Wildman–Crippen LogP) is -2.73. The second-order valence-corrected chi connectivity index (χ2v) is 6.24. The minimum atomic E-state index is -4.94. The Kier molecular flexibility index (Phi) is 4.95. The molecule has 0 aliphatic carbocycles. The molecular weight excluding hydrogens is 380 g/mol. The minimum absolute atomic E-state index is 0.814. The third kappa shape index (κ3) is 4.57. The van der Waals surface area contributed by atoms with E-state index in [4.69, 9.17) is 18.6 Å². The Morgan fingerprint density at radius 1 is 1.23 bits per heavy atom. The molecular formula is C12H12BrClN4O4. The molecule has 118 valence electrons. The van der Waals surface area contributed by atoms with Crippen molar-refractivity contribution in [2.75, 3.05) is 7.05 Å². The summed E-state index contributed by atoms with van der Waals surface area (Å²) < 4.78 is 37.1. The van der Waals surface area contributed by atoms with Gasteiger partial charge in [-0.3, -0.25) is 0 Å². The van der Waals surface area contributed by atoms with Crippen LogP contribution >= 0.6 is 15.9 Å². The highest BCUT2D eigenvalue weighted by molar-refractivity contribution is 9.10. The van der Waals surface area contributed by atoms with E-state index in [9.17, 15) is 0 Å². The van der Waals surface area contributed by atoms with Crippen molar-refractivity contribution in [2.45, 2.75) is 13.5 Å². The summed E-state index contributed by atoms with van der Waals surface area (Å²) in [5.41, 5.74) is 1.15. The third-order valence-electron chi connectivity index (χ3n) is 2.94. The molecule has 8 nitrogen and oxygen atoms in total. The fraction of sp³-hybridized carbons (Fsp3) is 0.250. The summed E-state index contributed by atoms with van der Waals surface area (Å²) in [5.74, 6) is 2.75. The highest BCUT2D eigenvalue weighted by atomic mass is 79.9. The molecule has 1 aromatic heterocycles. The molecule has 0 fully saturated rings. The van der Waals surface area contributed by atoms with Gasteiger partial charge in [0.25, 0.3) is 5.84 Å². The number of hydrogen-bond donors (Lipinski definition) is 0. The summed E-state index contributed by atoms with van der Waals surface area (Å²) in [6, 6.07) is 3.99. The lowest BCUT2D eigenvalue weighted by molar-refractivity contribution is -2.00. The summed E-state index contributed by atoms with van der Waals surface area (Å²) in [7, 11) is -2.94. The second-order valence-electron chi connectivity index (χ2n) is 4.57. The highest BCUT2D eigenvalue weighted by Gasteiger charge is 2.28. The zero-order chi connectivity index (χ0) is 16.5. The lowest BCUT2D eigenvalue weighted by Crippen LogP contribution is -2.68.